The van der Waals surface area contributed by atoms with E-state index in [1.165, 1.54) is 0 Å². The van der Waals surface area contributed by atoms with E-state index in [-0.39, 0.29) is 5.91 Å². The van der Waals surface area contributed by atoms with E-state index in [0.717, 1.165) is 10.2 Å². The van der Waals surface area contributed by atoms with E-state index in [1.807, 2.05) is 19.1 Å². The molecule has 0 saturated heterocycles. The molecule has 1 aromatic carbocycles. The first-order valence-corrected chi connectivity index (χ1v) is 6.77. The summed E-state index contributed by atoms with van der Waals surface area (Å²) in [6, 6.07) is 8.86. The SMILES string of the molecule is CCN(Cc1ccco1)C(=O)c1ccc(N)c(Br)c1. The number of amides is 1. The minimum absolute atomic E-state index is 0.0420. The number of benzene rings is 1. The summed E-state index contributed by atoms with van der Waals surface area (Å²) in [6.07, 6.45) is 1.60. The van der Waals surface area contributed by atoms with Crippen LogP contribution in [0.5, 0.6) is 0 Å². The summed E-state index contributed by atoms with van der Waals surface area (Å²) < 4.78 is 6.00. The van der Waals surface area contributed by atoms with Crippen molar-refractivity contribution in [2.24, 2.45) is 0 Å². The van der Waals surface area contributed by atoms with Gasteiger partial charge in [-0.15, -0.1) is 0 Å². The van der Waals surface area contributed by atoms with Gasteiger partial charge in [-0.3, -0.25) is 4.79 Å². The number of furan rings is 1. The Hall–Kier alpha value is -1.75. The number of rotatable bonds is 4. The number of carbonyl (C=O) groups is 1. The van der Waals surface area contributed by atoms with Crippen LogP contribution in [-0.2, 0) is 6.54 Å². The van der Waals surface area contributed by atoms with Gasteiger partial charge in [0.2, 0.25) is 0 Å². The Bertz CT molecular complexity index is 567. The molecule has 0 aliphatic rings. The Balaban J connectivity index is 2.18. The molecular formula is C14H15BrN2O2. The average molecular weight is 323 g/mol. The monoisotopic (exact) mass is 322 g/mol. The van der Waals surface area contributed by atoms with Gasteiger partial charge in [0.1, 0.15) is 5.76 Å². The van der Waals surface area contributed by atoms with Gasteiger partial charge in [-0.2, -0.15) is 0 Å². The van der Waals surface area contributed by atoms with Crippen molar-refractivity contribution in [2.45, 2.75) is 13.5 Å². The quantitative estimate of drug-likeness (QED) is 0.879. The number of anilines is 1. The van der Waals surface area contributed by atoms with Gasteiger partial charge in [-0.25, -0.2) is 0 Å². The molecule has 0 aliphatic heterocycles. The summed E-state index contributed by atoms with van der Waals surface area (Å²) in [6.45, 7) is 3.01. The fourth-order valence-corrected chi connectivity index (χ4v) is 2.14. The van der Waals surface area contributed by atoms with Gasteiger partial charge < -0.3 is 15.1 Å². The topological polar surface area (TPSA) is 59.5 Å². The molecule has 0 atom stereocenters. The summed E-state index contributed by atoms with van der Waals surface area (Å²) in [4.78, 5) is 14.1. The predicted octanol–water partition coefficient (Wildman–Crippen LogP) is 3.29. The molecule has 2 aromatic rings. The molecule has 0 aliphatic carbocycles. The third-order valence-corrected chi connectivity index (χ3v) is 3.53. The lowest BCUT2D eigenvalue weighted by Gasteiger charge is -2.20. The van der Waals surface area contributed by atoms with Crippen LogP contribution in [0, 0.1) is 0 Å². The Morgan fingerprint density at radius 2 is 2.21 bits per heavy atom. The van der Waals surface area contributed by atoms with Gasteiger partial charge in [0.25, 0.3) is 5.91 Å². The lowest BCUT2D eigenvalue weighted by atomic mass is 10.2. The average Bonchev–Trinajstić information content (AvgIpc) is 2.91. The van der Waals surface area contributed by atoms with Crippen LogP contribution in [0.4, 0.5) is 5.69 Å². The van der Waals surface area contributed by atoms with Gasteiger partial charge in [0.05, 0.1) is 12.8 Å². The van der Waals surface area contributed by atoms with Crippen molar-refractivity contribution in [1.29, 1.82) is 0 Å². The molecule has 100 valence electrons. The van der Waals surface area contributed by atoms with Crippen LogP contribution >= 0.6 is 15.9 Å². The summed E-state index contributed by atoms with van der Waals surface area (Å²) in [5, 5.41) is 0. The van der Waals surface area contributed by atoms with Crippen LogP contribution < -0.4 is 5.73 Å². The molecule has 1 amide bonds. The van der Waals surface area contributed by atoms with Crippen molar-refractivity contribution in [1.82, 2.24) is 4.90 Å². The van der Waals surface area contributed by atoms with Gasteiger partial charge in [0, 0.05) is 22.3 Å². The maximum Gasteiger partial charge on any atom is 0.254 e. The molecule has 2 N–H and O–H groups in total. The van der Waals surface area contributed by atoms with Crippen LogP contribution in [0.2, 0.25) is 0 Å². The van der Waals surface area contributed by atoms with Gasteiger partial charge in [-0.1, -0.05) is 0 Å². The molecule has 4 nitrogen and oxygen atoms in total. The number of nitrogens with two attached hydrogens (primary N) is 1. The molecule has 19 heavy (non-hydrogen) atoms. The minimum Gasteiger partial charge on any atom is -0.467 e. The van der Waals surface area contributed by atoms with Crippen LogP contribution in [0.15, 0.2) is 45.5 Å². The number of hydrogen-bond donors (Lipinski definition) is 1. The van der Waals surface area contributed by atoms with E-state index in [1.54, 1.807) is 29.4 Å². The zero-order chi connectivity index (χ0) is 13.8. The highest BCUT2D eigenvalue weighted by molar-refractivity contribution is 9.10. The molecule has 0 radical (unpaired) electrons. The lowest BCUT2D eigenvalue weighted by molar-refractivity contribution is 0.0741. The first-order chi connectivity index (χ1) is 9.11. The first kappa shape index (κ1) is 13.7. The first-order valence-electron chi connectivity index (χ1n) is 5.98. The van der Waals surface area contributed by atoms with E-state index in [4.69, 9.17) is 10.2 Å². The third-order valence-electron chi connectivity index (χ3n) is 2.84. The summed E-state index contributed by atoms with van der Waals surface area (Å²) in [5.74, 6) is 0.726. The second-order valence-electron chi connectivity index (χ2n) is 4.13. The lowest BCUT2D eigenvalue weighted by Crippen LogP contribution is -2.30. The number of carbonyl (C=O) groups excluding carboxylic acids is 1. The molecule has 2 rings (SSSR count). The van der Waals surface area contributed by atoms with Crippen LogP contribution in [0.25, 0.3) is 0 Å². The normalized spacial score (nSPS) is 10.4. The minimum atomic E-state index is -0.0420. The molecule has 1 heterocycles. The molecule has 1 aromatic heterocycles. The highest BCUT2D eigenvalue weighted by Crippen LogP contribution is 2.21. The maximum atomic E-state index is 12.4. The van der Waals surface area contributed by atoms with E-state index in [2.05, 4.69) is 15.9 Å². The third kappa shape index (κ3) is 3.17. The fraction of sp³-hybridized carbons (Fsp3) is 0.214. The van der Waals surface area contributed by atoms with Crippen molar-refractivity contribution in [3.05, 3.63) is 52.4 Å². The Morgan fingerprint density at radius 1 is 1.42 bits per heavy atom. The van der Waals surface area contributed by atoms with Crippen LogP contribution in [-0.4, -0.2) is 17.4 Å². The second kappa shape index (κ2) is 5.93. The Morgan fingerprint density at radius 3 is 2.79 bits per heavy atom. The molecule has 5 heteroatoms. The molecule has 0 saturated carbocycles. The maximum absolute atomic E-state index is 12.4. The summed E-state index contributed by atoms with van der Waals surface area (Å²) in [7, 11) is 0. The van der Waals surface area contributed by atoms with Gasteiger partial charge >= 0.3 is 0 Å². The smallest absolute Gasteiger partial charge is 0.254 e. The number of halogens is 1. The molecular weight excluding hydrogens is 308 g/mol. The van der Waals surface area contributed by atoms with Crippen LogP contribution in [0.1, 0.15) is 23.0 Å². The predicted molar refractivity (Wildman–Crippen MR) is 77.7 cm³/mol. The zero-order valence-corrected chi connectivity index (χ0v) is 12.2. The highest BCUT2D eigenvalue weighted by atomic mass is 79.9. The van der Waals surface area contributed by atoms with Crippen molar-refractivity contribution >= 4 is 27.5 Å². The standard InChI is InChI=1S/C14H15BrN2O2/c1-2-17(9-11-4-3-7-19-11)14(18)10-5-6-13(16)12(15)8-10/h3-8H,2,9,16H2,1H3. The molecule has 0 bridgehead atoms. The van der Waals surface area contributed by atoms with E-state index < -0.39 is 0 Å². The van der Waals surface area contributed by atoms with Gasteiger partial charge in [-0.05, 0) is 53.2 Å². The second-order valence-corrected chi connectivity index (χ2v) is 4.99. The molecule has 0 spiro atoms. The van der Waals surface area contributed by atoms with Gasteiger partial charge in [0.15, 0.2) is 0 Å². The summed E-state index contributed by atoms with van der Waals surface area (Å²) in [5.41, 5.74) is 6.94. The van der Waals surface area contributed by atoms with Crippen molar-refractivity contribution in [3.8, 4) is 0 Å². The Labute approximate surface area is 120 Å². The largest absolute Gasteiger partial charge is 0.467 e. The fourth-order valence-electron chi connectivity index (χ4n) is 1.76. The number of nitrogens with zero attached hydrogens (tertiary/aromatic N) is 1. The van der Waals surface area contributed by atoms with Crippen molar-refractivity contribution < 1.29 is 9.21 Å². The number of nitrogen functional groups attached to an aromatic ring is 1. The van der Waals surface area contributed by atoms with E-state index >= 15 is 0 Å². The molecule has 0 unspecified atom stereocenters. The molecule has 0 fully saturated rings. The van der Waals surface area contributed by atoms with Crippen molar-refractivity contribution in [2.75, 3.05) is 12.3 Å². The Kier molecular flexibility index (Phi) is 4.27. The van der Waals surface area contributed by atoms with Crippen molar-refractivity contribution in [3.63, 3.8) is 0 Å². The summed E-state index contributed by atoms with van der Waals surface area (Å²) >= 11 is 3.33. The highest BCUT2D eigenvalue weighted by Gasteiger charge is 2.16. The zero-order valence-electron chi connectivity index (χ0n) is 10.6. The van der Waals surface area contributed by atoms with Crippen LogP contribution in [0.3, 0.4) is 0 Å². The van der Waals surface area contributed by atoms with E-state index in [0.29, 0.717) is 24.3 Å². The van der Waals surface area contributed by atoms with E-state index in [9.17, 15) is 4.79 Å². The number of hydrogen-bond acceptors (Lipinski definition) is 3.